The van der Waals surface area contributed by atoms with E-state index >= 15 is 0 Å². The summed E-state index contributed by atoms with van der Waals surface area (Å²) in [5.41, 5.74) is 5.35. The Morgan fingerprint density at radius 1 is 1.08 bits per heavy atom. The summed E-state index contributed by atoms with van der Waals surface area (Å²) in [4.78, 5) is 48.3. The molecular weight excluding hydrogens is 362 g/mol. The highest BCUT2D eigenvalue weighted by molar-refractivity contribution is 7.80. The molecule has 3 unspecified atom stereocenters. The first kappa shape index (κ1) is 24.2. The van der Waals surface area contributed by atoms with Gasteiger partial charge in [0, 0.05) is 18.2 Å². The molecule has 0 fully saturated rings. The molecule has 0 rings (SSSR count). The van der Waals surface area contributed by atoms with Crippen molar-refractivity contribution in [3.63, 3.8) is 0 Å². The van der Waals surface area contributed by atoms with Gasteiger partial charge in [-0.2, -0.15) is 12.6 Å². The van der Waals surface area contributed by atoms with Crippen molar-refractivity contribution in [1.82, 2.24) is 10.2 Å². The minimum Gasteiger partial charge on any atom is -0.480 e. The minimum atomic E-state index is -1.22. The third-order valence-electron chi connectivity index (χ3n) is 3.81. The number of nitrogens with two attached hydrogens (primary N) is 1. The van der Waals surface area contributed by atoms with Crippen molar-refractivity contribution in [1.29, 1.82) is 0 Å². The van der Waals surface area contributed by atoms with Crippen LogP contribution in [-0.2, 0) is 19.2 Å². The molecule has 0 aromatic rings. The normalized spacial score (nSPS) is 14.6. The number of carbonyl (C=O) groups excluding carboxylic acids is 2. The molecule has 0 aromatic heterocycles. The van der Waals surface area contributed by atoms with Crippen LogP contribution in [0.2, 0.25) is 0 Å². The monoisotopic (exact) mass is 391 g/mol. The summed E-state index contributed by atoms with van der Waals surface area (Å²) < 4.78 is 0. The fraction of sp³-hybridized carbons (Fsp3) is 0.750. The van der Waals surface area contributed by atoms with Crippen LogP contribution in [0.3, 0.4) is 0 Å². The van der Waals surface area contributed by atoms with Gasteiger partial charge in [-0.05, 0) is 26.2 Å². The summed E-state index contributed by atoms with van der Waals surface area (Å²) in [6.45, 7) is 6.78. The van der Waals surface area contributed by atoms with E-state index < -0.39 is 47.9 Å². The van der Waals surface area contributed by atoms with Gasteiger partial charge in [-0.25, -0.2) is 4.79 Å². The van der Waals surface area contributed by atoms with Crippen molar-refractivity contribution in [3.8, 4) is 0 Å². The van der Waals surface area contributed by atoms with Crippen LogP contribution in [0.1, 0.15) is 40.5 Å². The highest BCUT2D eigenvalue weighted by Crippen LogP contribution is 2.17. The Hall–Kier alpha value is -1.81. The molecule has 0 aliphatic rings. The Kier molecular flexibility index (Phi) is 10.3. The molecule has 9 nitrogen and oxygen atoms in total. The molecule has 0 saturated heterocycles. The summed E-state index contributed by atoms with van der Waals surface area (Å²) in [6.07, 6.45) is -0.245. The van der Waals surface area contributed by atoms with Crippen LogP contribution in [0.15, 0.2) is 0 Å². The summed E-state index contributed by atoms with van der Waals surface area (Å²) in [6, 6.07) is -3.63. The molecule has 10 heteroatoms. The Balaban J connectivity index is 5.19. The van der Waals surface area contributed by atoms with E-state index in [2.05, 4.69) is 17.9 Å². The topological polar surface area (TPSA) is 150 Å². The maximum Gasteiger partial charge on any atom is 0.326 e. The zero-order chi connectivity index (χ0) is 20.6. The largest absolute Gasteiger partial charge is 0.480 e. The van der Waals surface area contributed by atoms with E-state index in [1.165, 1.54) is 4.90 Å². The van der Waals surface area contributed by atoms with Crippen LogP contribution >= 0.6 is 12.6 Å². The number of amides is 2. The number of nitrogens with zero attached hydrogens (tertiary/aromatic N) is 1. The third kappa shape index (κ3) is 7.20. The fourth-order valence-corrected chi connectivity index (χ4v) is 2.73. The predicted octanol–water partition coefficient (Wildman–Crippen LogP) is -0.0607. The Morgan fingerprint density at radius 2 is 1.62 bits per heavy atom. The molecule has 0 bridgehead atoms. The first-order valence-electron chi connectivity index (χ1n) is 8.37. The van der Waals surface area contributed by atoms with Gasteiger partial charge in [0.15, 0.2) is 0 Å². The molecule has 0 aliphatic carbocycles. The summed E-state index contributed by atoms with van der Waals surface area (Å²) in [5, 5.41) is 20.7. The lowest BCUT2D eigenvalue weighted by molar-refractivity contribution is -0.155. The molecule has 26 heavy (non-hydrogen) atoms. The number of carbonyl (C=O) groups is 4. The Morgan fingerprint density at radius 3 is 1.96 bits per heavy atom. The lowest BCUT2D eigenvalue weighted by Gasteiger charge is -2.37. The molecular formula is C16H29N3O6S. The standard InChI is InChI=1S/C16H29N3O6S/c1-8(2)13(16(24)25)19(9(3)4)14(21)11(7-26)18-12(20)6-5-10(17)15(22)23/h8-11,13,26H,5-7,17H2,1-4H3,(H,18,20)(H,22,23)(H,24,25). The van der Waals surface area contributed by atoms with Gasteiger partial charge in [0.25, 0.3) is 0 Å². The number of aliphatic carboxylic acids is 2. The third-order valence-corrected chi connectivity index (χ3v) is 4.18. The van der Waals surface area contributed by atoms with Crippen molar-refractivity contribution >= 4 is 36.4 Å². The maximum absolute atomic E-state index is 12.8. The van der Waals surface area contributed by atoms with Gasteiger partial charge in [0.05, 0.1) is 0 Å². The van der Waals surface area contributed by atoms with Gasteiger partial charge in [-0.1, -0.05) is 13.8 Å². The van der Waals surface area contributed by atoms with Crippen LogP contribution in [0.4, 0.5) is 0 Å². The highest BCUT2D eigenvalue weighted by Gasteiger charge is 2.37. The Labute approximate surface area is 158 Å². The van der Waals surface area contributed by atoms with Crippen LogP contribution in [0.25, 0.3) is 0 Å². The van der Waals surface area contributed by atoms with Crippen molar-refractivity contribution in [2.24, 2.45) is 11.7 Å². The highest BCUT2D eigenvalue weighted by atomic mass is 32.1. The van der Waals surface area contributed by atoms with Crippen molar-refractivity contribution in [3.05, 3.63) is 0 Å². The quantitative estimate of drug-likeness (QED) is 0.310. The first-order valence-corrected chi connectivity index (χ1v) is 9.00. The van der Waals surface area contributed by atoms with E-state index in [4.69, 9.17) is 10.8 Å². The van der Waals surface area contributed by atoms with E-state index in [1.807, 2.05) is 0 Å². The van der Waals surface area contributed by atoms with E-state index in [1.54, 1.807) is 27.7 Å². The van der Waals surface area contributed by atoms with Gasteiger partial charge in [0.1, 0.15) is 18.1 Å². The summed E-state index contributed by atoms with van der Waals surface area (Å²) in [7, 11) is 0. The van der Waals surface area contributed by atoms with Gasteiger partial charge in [-0.3, -0.25) is 14.4 Å². The number of carboxylic acid groups (broad SMARTS) is 2. The van der Waals surface area contributed by atoms with E-state index in [-0.39, 0.29) is 24.5 Å². The fourth-order valence-electron chi connectivity index (χ4n) is 2.48. The van der Waals surface area contributed by atoms with Crippen LogP contribution in [0, 0.1) is 5.92 Å². The molecule has 0 spiro atoms. The smallest absolute Gasteiger partial charge is 0.326 e. The van der Waals surface area contributed by atoms with Crippen LogP contribution in [-0.4, -0.2) is 68.8 Å². The van der Waals surface area contributed by atoms with Crippen LogP contribution < -0.4 is 11.1 Å². The molecule has 0 aliphatic heterocycles. The molecule has 0 saturated carbocycles. The average Bonchev–Trinajstić information content (AvgIpc) is 2.53. The zero-order valence-corrected chi connectivity index (χ0v) is 16.4. The number of thiol groups is 1. The predicted molar refractivity (Wildman–Crippen MR) is 98.9 cm³/mol. The molecule has 0 aromatic carbocycles. The Bertz CT molecular complexity index is 526. The van der Waals surface area contributed by atoms with E-state index in [0.717, 1.165) is 0 Å². The molecule has 0 radical (unpaired) electrons. The number of carboxylic acids is 2. The lowest BCUT2D eigenvalue weighted by atomic mass is 10.00. The number of rotatable bonds is 11. The van der Waals surface area contributed by atoms with Crippen molar-refractivity contribution in [2.75, 3.05) is 5.75 Å². The van der Waals surface area contributed by atoms with Crippen molar-refractivity contribution in [2.45, 2.75) is 64.7 Å². The molecule has 150 valence electrons. The second-order valence-corrected chi connectivity index (χ2v) is 7.02. The van der Waals surface area contributed by atoms with Gasteiger partial charge < -0.3 is 26.2 Å². The maximum atomic E-state index is 12.8. The lowest BCUT2D eigenvalue weighted by Crippen LogP contribution is -2.58. The van der Waals surface area contributed by atoms with Gasteiger partial charge in [-0.15, -0.1) is 0 Å². The number of hydrogen-bond donors (Lipinski definition) is 5. The van der Waals surface area contributed by atoms with Crippen LogP contribution in [0.5, 0.6) is 0 Å². The van der Waals surface area contributed by atoms with Crippen molar-refractivity contribution < 1.29 is 29.4 Å². The number of nitrogens with one attached hydrogen (secondary N) is 1. The summed E-state index contributed by atoms with van der Waals surface area (Å²) >= 11 is 4.08. The SMILES string of the molecule is CC(C)C(C(=O)O)N(C(=O)C(CS)NC(=O)CCC(N)C(=O)O)C(C)C. The van der Waals surface area contributed by atoms with E-state index in [0.29, 0.717) is 0 Å². The van der Waals surface area contributed by atoms with Gasteiger partial charge in [0.2, 0.25) is 11.8 Å². The minimum absolute atomic E-state index is 0.0246. The first-order chi connectivity index (χ1) is 11.9. The molecule has 0 heterocycles. The molecule has 5 N–H and O–H groups in total. The number of hydrogen-bond acceptors (Lipinski definition) is 6. The second-order valence-electron chi connectivity index (χ2n) is 6.65. The van der Waals surface area contributed by atoms with Gasteiger partial charge >= 0.3 is 11.9 Å². The van der Waals surface area contributed by atoms with E-state index in [9.17, 15) is 24.3 Å². The molecule has 3 atom stereocenters. The second kappa shape index (κ2) is 11.0. The molecule has 2 amide bonds. The average molecular weight is 391 g/mol. The summed E-state index contributed by atoms with van der Waals surface area (Å²) in [5.74, 6) is -3.79. The zero-order valence-electron chi connectivity index (χ0n) is 15.5.